The molecule has 1 fully saturated rings. The minimum atomic E-state index is 0.573. The average molecular weight is 214 g/mol. The molecule has 0 aliphatic carbocycles. The van der Waals surface area contributed by atoms with E-state index in [1.807, 2.05) is 7.05 Å². The molecular weight excluding hydrogens is 188 g/mol. The van der Waals surface area contributed by atoms with Crippen molar-refractivity contribution in [3.05, 3.63) is 0 Å². The molecule has 0 saturated carbocycles. The molecule has 0 aromatic rings. The predicted octanol–water partition coefficient (Wildman–Crippen LogP) is 1.34. The average Bonchev–Trinajstić information content (AvgIpc) is 2.28. The van der Waals surface area contributed by atoms with E-state index in [4.69, 9.17) is 4.74 Å². The molecule has 1 heterocycles. The number of likely N-dealkylation sites (tertiary alicyclic amines) is 1. The van der Waals surface area contributed by atoms with E-state index in [2.05, 4.69) is 24.1 Å². The number of methoxy groups -OCH3 is 1. The van der Waals surface area contributed by atoms with Gasteiger partial charge >= 0.3 is 0 Å². The highest BCUT2D eigenvalue weighted by molar-refractivity contribution is 4.81. The Labute approximate surface area is 94.2 Å². The fourth-order valence-corrected chi connectivity index (χ4v) is 2.32. The Balaban J connectivity index is 2.30. The van der Waals surface area contributed by atoms with E-state index in [0.717, 1.165) is 12.5 Å². The quantitative estimate of drug-likeness (QED) is 0.747. The molecule has 3 heteroatoms. The molecule has 1 aliphatic rings. The van der Waals surface area contributed by atoms with Gasteiger partial charge in [-0.25, -0.2) is 0 Å². The van der Waals surface area contributed by atoms with Crippen molar-refractivity contribution in [1.29, 1.82) is 0 Å². The summed E-state index contributed by atoms with van der Waals surface area (Å²) in [4.78, 5) is 2.59. The van der Waals surface area contributed by atoms with Crippen molar-refractivity contribution < 1.29 is 4.74 Å². The smallest absolute Gasteiger partial charge is 0.0491 e. The summed E-state index contributed by atoms with van der Waals surface area (Å²) in [6, 6.07) is 1.21. The third-order valence-electron chi connectivity index (χ3n) is 3.81. The minimum Gasteiger partial charge on any atom is -0.384 e. The molecule has 0 radical (unpaired) electrons. The van der Waals surface area contributed by atoms with Gasteiger partial charge in [0.25, 0.3) is 0 Å². The zero-order valence-electron chi connectivity index (χ0n) is 10.6. The topological polar surface area (TPSA) is 24.5 Å². The van der Waals surface area contributed by atoms with Crippen molar-refractivity contribution in [2.24, 2.45) is 5.92 Å². The standard InChI is InChI=1S/C12H26N2O/c1-10(13-3)11(2)14-7-5-12(6-8-14)9-15-4/h10-13H,5-9H2,1-4H3. The van der Waals surface area contributed by atoms with Crippen LogP contribution in [0.3, 0.4) is 0 Å². The molecule has 3 nitrogen and oxygen atoms in total. The first kappa shape index (κ1) is 12.9. The van der Waals surface area contributed by atoms with Gasteiger partial charge in [0.2, 0.25) is 0 Å². The van der Waals surface area contributed by atoms with Gasteiger partial charge in [0.15, 0.2) is 0 Å². The van der Waals surface area contributed by atoms with Crippen LogP contribution in [0.4, 0.5) is 0 Å². The molecular formula is C12H26N2O. The van der Waals surface area contributed by atoms with Gasteiger partial charge in [0, 0.05) is 25.8 Å². The summed E-state index contributed by atoms with van der Waals surface area (Å²) in [5.74, 6) is 0.781. The zero-order valence-corrected chi connectivity index (χ0v) is 10.6. The van der Waals surface area contributed by atoms with E-state index >= 15 is 0 Å². The van der Waals surface area contributed by atoms with Crippen LogP contribution < -0.4 is 5.32 Å². The van der Waals surface area contributed by atoms with Gasteiger partial charge in [-0.05, 0) is 52.7 Å². The first-order chi connectivity index (χ1) is 7.19. The lowest BCUT2D eigenvalue weighted by atomic mass is 9.96. The number of likely N-dealkylation sites (N-methyl/N-ethyl adjacent to an activating group) is 1. The Bertz CT molecular complexity index is 167. The van der Waals surface area contributed by atoms with E-state index in [0.29, 0.717) is 12.1 Å². The SMILES string of the molecule is CNC(C)C(C)N1CCC(COC)CC1. The second kappa shape index (κ2) is 6.46. The highest BCUT2D eigenvalue weighted by Crippen LogP contribution is 2.19. The zero-order chi connectivity index (χ0) is 11.3. The molecule has 2 unspecified atom stereocenters. The van der Waals surface area contributed by atoms with Crippen LogP contribution in [0, 0.1) is 5.92 Å². The highest BCUT2D eigenvalue weighted by atomic mass is 16.5. The van der Waals surface area contributed by atoms with Gasteiger partial charge < -0.3 is 10.1 Å². The number of piperidine rings is 1. The maximum Gasteiger partial charge on any atom is 0.0491 e. The fourth-order valence-electron chi connectivity index (χ4n) is 2.32. The summed E-state index contributed by atoms with van der Waals surface area (Å²) in [5, 5.41) is 3.33. The molecule has 0 aromatic carbocycles. The summed E-state index contributed by atoms with van der Waals surface area (Å²) in [6.45, 7) is 7.95. The van der Waals surface area contributed by atoms with Gasteiger partial charge in [-0.2, -0.15) is 0 Å². The normalized spacial score (nSPS) is 24.0. The Morgan fingerprint density at radius 1 is 1.33 bits per heavy atom. The van der Waals surface area contributed by atoms with E-state index in [-0.39, 0.29) is 0 Å². The Hall–Kier alpha value is -0.120. The van der Waals surface area contributed by atoms with Gasteiger partial charge in [0.05, 0.1) is 0 Å². The number of nitrogens with one attached hydrogen (secondary N) is 1. The van der Waals surface area contributed by atoms with Crippen LogP contribution in [0.1, 0.15) is 26.7 Å². The lowest BCUT2D eigenvalue weighted by molar-refractivity contribution is 0.0758. The number of rotatable bonds is 5. The van der Waals surface area contributed by atoms with Crippen molar-refractivity contribution >= 4 is 0 Å². The summed E-state index contributed by atoms with van der Waals surface area (Å²) < 4.78 is 5.21. The lowest BCUT2D eigenvalue weighted by Crippen LogP contribution is -2.49. The number of hydrogen-bond acceptors (Lipinski definition) is 3. The number of hydrogen-bond donors (Lipinski definition) is 1. The molecule has 0 aromatic heterocycles. The van der Waals surface area contributed by atoms with E-state index in [9.17, 15) is 0 Å². The second-order valence-corrected chi connectivity index (χ2v) is 4.75. The molecule has 0 amide bonds. The van der Waals surface area contributed by atoms with Gasteiger partial charge in [-0.3, -0.25) is 4.90 Å². The van der Waals surface area contributed by atoms with Crippen LogP contribution in [0.15, 0.2) is 0 Å². The first-order valence-corrected chi connectivity index (χ1v) is 6.09. The van der Waals surface area contributed by atoms with Crippen molar-refractivity contribution in [3.63, 3.8) is 0 Å². The third-order valence-corrected chi connectivity index (χ3v) is 3.81. The van der Waals surface area contributed by atoms with Gasteiger partial charge in [-0.15, -0.1) is 0 Å². The monoisotopic (exact) mass is 214 g/mol. The molecule has 1 aliphatic heterocycles. The van der Waals surface area contributed by atoms with E-state index in [1.54, 1.807) is 7.11 Å². The summed E-state index contributed by atoms with van der Waals surface area (Å²) in [7, 11) is 3.84. The van der Waals surface area contributed by atoms with Crippen molar-refractivity contribution in [3.8, 4) is 0 Å². The van der Waals surface area contributed by atoms with Crippen LogP contribution in [0.5, 0.6) is 0 Å². The van der Waals surface area contributed by atoms with E-state index < -0.39 is 0 Å². The van der Waals surface area contributed by atoms with Gasteiger partial charge in [-0.1, -0.05) is 0 Å². The molecule has 0 bridgehead atoms. The van der Waals surface area contributed by atoms with Crippen molar-refractivity contribution in [2.75, 3.05) is 33.9 Å². The van der Waals surface area contributed by atoms with Crippen LogP contribution >= 0.6 is 0 Å². The maximum absolute atomic E-state index is 5.21. The highest BCUT2D eigenvalue weighted by Gasteiger charge is 2.24. The Kier molecular flexibility index (Phi) is 5.58. The maximum atomic E-state index is 5.21. The van der Waals surface area contributed by atoms with Crippen LogP contribution in [0.2, 0.25) is 0 Å². The summed E-state index contributed by atoms with van der Waals surface area (Å²) >= 11 is 0. The van der Waals surface area contributed by atoms with Gasteiger partial charge in [0.1, 0.15) is 0 Å². The molecule has 1 N–H and O–H groups in total. The van der Waals surface area contributed by atoms with E-state index in [1.165, 1.54) is 25.9 Å². The minimum absolute atomic E-state index is 0.573. The first-order valence-electron chi connectivity index (χ1n) is 6.09. The van der Waals surface area contributed by atoms with Crippen LogP contribution in [-0.2, 0) is 4.74 Å². The molecule has 2 atom stereocenters. The number of ether oxygens (including phenoxy) is 1. The molecule has 90 valence electrons. The summed E-state index contributed by atoms with van der Waals surface area (Å²) in [5.41, 5.74) is 0. The Morgan fingerprint density at radius 2 is 1.93 bits per heavy atom. The largest absolute Gasteiger partial charge is 0.384 e. The third kappa shape index (κ3) is 3.74. The second-order valence-electron chi connectivity index (χ2n) is 4.75. The molecule has 0 spiro atoms. The molecule has 1 rings (SSSR count). The number of nitrogens with zero attached hydrogens (tertiary/aromatic N) is 1. The predicted molar refractivity (Wildman–Crippen MR) is 64.2 cm³/mol. The Morgan fingerprint density at radius 3 is 2.40 bits per heavy atom. The fraction of sp³-hybridized carbons (Fsp3) is 1.00. The summed E-state index contributed by atoms with van der Waals surface area (Å²) in [6.07, 6.45) is 2.57. The molecule has 1 saturated heterocycles. The van der Waals surface area contributed by atoms with Crippen molar-refractivity contribution in [1.82, 2.24) is 10.2 Å². The van der Waals surface area contributed by atoms with Crippen molar-refractivity contribution in [2.45, 2.75) is 38.8 Å². The lowest BCUT2D eigenvalue weighted by Gasteiger charge is -2.38. The molecule has 15 heavy (non-hydrogen) atoms. The van der Waals surface area contributed by atoms with Crippen LogP contribution in [0.25, 0.3) is 0 Å². The van der Waals surface area contributed by atoms with Crippen LogP contribution in [-0.4, -0.2) is 50.8 Å².